The van der Waals surface area contributed by atoms with Crippen molar-refractivity contribution in [3.8, 4) is 17.2 Å². The SMILES string of the molecule is O=C(Nc1ccc2cccc(Cl)c2n1)c1ccc(Oc2cc3c(cc2Cl)C(C(=O)O)CCO3)cc1. The second-order valence-corrected chi connectivity index (χ2v) is 8.75. The number of halogens is 2. The Bertz CT molecular complexity index is 1460. The number of carboxylic acid groups (broad SMARTS) is 1. The fourth-order valence-electron chi connectivity index (χ4n) is 3.89. The topological polar surface area (TPSA) is 97.8 Å². The number of carbonyl (C=O) groups excluding carboxylic acids is 1. The number of anilines is 1. The summed E-state index contributed by atoms with van der Waals surface area (Å²) in [5.41, 5.74) is 1.54. The van der Waals surface area contributed by atoms with Gasteiger partial charge in [0.25, 0.3) is 5.91 Å². The number of amides is 1. The molecular formula is C26H18Cl2N2O5. The molecule has 1 atom stereocenters. The van der Waals surface area contributed by atoms with E-state index in [1.54, 1.807) is 48.5 Å². The zero-order valence-electron chi connectivity index (χ0n) is 18.1. The molecule has 1 amide bonds. The fraction of sp³-hybridized carbons (Fsp3) is 0.115. The van der Waals surface area contributed by atoms with Crippen LogP contribution in [-0.4, -0.2) is 28.6 Å². The Balaban J connectivity index is 1.31. The summed E-state index contributed by atoms with van der Waals surface area (Å²) in [5, 5.41) is 13.8. The van der Waals surface area contributed by atoms with Crippen molar-refractivity contribution in [3.63, 3.8) is 0 Å². The van der Waals surface area contributed by atoms with Gasteiger partial charge in [-0.15, -0.1) is 0 Å². The first-order chi connectivity index (χ1) is 16.9. The molecule has 2 N–H and O–H groups in total. The molecule has 4 aromatic rings. The lowest BCUT2D eigenvalue weighted by Crippen LogP contribution is -2.20. The van der Waals surface area contributed by atoms with Crippen molar-refractivity contribution in [2.45, 2.75) is 12.3 Å². The van der Waals surface area contributed by atoms with Crippen LogP contribution in [0.1, 0.15) is 28.3 Å². The highest BCUT2D eigenvalue weighted by atomic mass is 35.5. The minimum atomic E-state index is -0.921. The molecule has 0 saturated heterocycles. The first kappa shape index (κ1) is 23.0. The summed E-state index contributed by atoms with van der Waals surface area (Å²) in [4.78, 5) is 28.6. The molecule has 0 aliphatic carbocycles. The Kier molecular flexibility index (Phi) is 6.19. The molecule has 9 heteroatoms. The molecule has 176 valence electrons. The average molecular weight is 509 g/mol. The number of fused-ring (bicyclic) bond motifs is 2. The van der Waals surface area contributed by atoms with Crippen molar-refractivity contribution in [2.24, 2.45) is 0 Å². The van der Waals surface area contributed by atoms with Gasteiger partial charge in [-0.1, -0.05) is 35.3 Å². The van der Waals surface area contributed by atoms with Gasteiger partial charge in [0.15, 0.2) is 0 Å². The van der Waals surface area contributed by atoms with E-state index in [4.69, 9.17) is 32.7 Å². The van der Waals surface area contributed by atoms with Gasteiger partial charge in [0.1, 0.15) is 23.1 Å². The average Bonchev–Trinajstić information content (AvgIpc) is 2.85. The summed E-state index contributed by atoms with van der Waals surface area (Å²) in [6, 6.07) is 18.7. The molecule has 0 bridgehead atoms. The molecule has 2 heterocycles. The number of para-hydroxylation sites is 1. The third-order valence-corrected chi connectivity index (χ3v) is 6.26. The highest BCUT2D eigenvalue weighted by Crippen LogP contribution is 2.41. The van der Waals surface area contributed by atoms with Crippen molar-refractivity contribution in [1.29, 1.82) is 0 Å². The lowest BCUT2D eigenvalue weighted by atomic mass is 9.93. The Labute approximate surface area is 210 Å². The molecule has 3 aromatic carbocycles. The van der Waals surface area contributed by atoms with Crippen LogP contribution >= 0.6 is 23.2 Å². The molecule has 0 saturated carbocycles. The number of ether oxygens (including phenoxy) is 2. The van der Waals surface area contributed by atoms with Crippen LogP contribution in [0.4, 0.5) is 5.82 Å². The normalized spacial score (nSPS) is 14.6. The number of nitrogens with zero attached hydrogens (tertiary/aromatic N) is 1. The molecule has 1 aromatic heterocycles. The van der Waals surface area contributed by atoms with Crippen LogP contribution < -0.4 is 14.8 Å². The third-order valence-electron chi connectivity index (χ3n) is 5.66. The van der Waals surface area contributed by atoms with Gasteiger partial charge in [-0.25, -0.2) is 4.98 Å². The summed E-state index contributed by atoms with van der Waals surface area (Å²) >= 11 is 12.6. The zero-order chi connectivity index (χ0) is 24.5. The van der Waals surface area contributed by atoms with Crippen LogP contribution in [0.2, 0.25) is 10.0 Å². The molecule has 1 aliphatic rings. The van der Waals surface area contributed by atoms with Gasteiger partial charge < -0.3 is 19.9 Å². The summed E-state index contributed by atoms with van der Waals surface area (Å²) in [6.07, 6.45) is 0.379. The summed E-state index contributed by atoms with van der Waals surface area (Å²) < 4.78 is 11.5. The first-order valence-electron chi connectivity index (χ1n) is 10.7. The van der Waals surface area contributed by atoms with Crippen LogP contribution in [0.5, 0.6) is 17.2 Å². The van der Waals surface area contributed by atoms with Crippen molar-refractivity contribution in [1.82, 2.24) is 4.98 Å². The molecular weight excluding hydrogens is 491 g/mol. The quantitative estimate of drug-likeness (QED) is 0.317. The predicted octanol–water partition coefficient (Wildman–Crippen LogP) is 6.54. The van der Waals surface area contributed by atoms with Crippen molar-refractivity contribution in [2.75, 3.05) is 11.9 Å². The van der Waals surface area contributed by atoms with E-state index in [0.29, 0.717) is 57.8 Å². The molecule has 0 spiro atoms. The van der Waals surface area contributed by atoms with Gasteiger partial charge in [-0.3, -0.25) is 9.59 Å². The lowest BCUT2D eigenvalue weighted by Gasteiger charge is -2.24. The highest BCUT2D eigenvalue weighted by Gasteiger charge is 2.29. The van der Waals surface area contributed by atoms with Crippen molar-refractivity contribution < 1.29 is 24.2 Å². The van der Waals surface area contributed by atoms with E-state index in [2.05, 4.69) is 10.3 Å². The fourth-order valence-corrected chi connectivity index (χ4v) is 4.33. The summed E-state index contributed by atoms with van der Waals surface area (Å²) in [7, 11) is 0. The molecule has 5 rings (SSSR count). The number of pyridine rings is 1. The van der Waals surface area contributed by atoms with Crippen molar-refractivity contribution in [3.05, 3.63) is 87.9 Å². The number of nitrogens with one attached hydrogen (secondary N) is 1. The Morgan fingerprint density at radius 1 is 1.03 bits per heavy atom. The van der Waals surface area contributed by atoms with Crippen LogP contribution in [0.25, 0.3) is 10.9 Å². The van der Waals surface area contributed by atoms with E-state index < -0.39 is 11.9 Å². The predicted molar refractivity (Wildman–Crippen MR) is 133 cm³/mol. The highest BCUT2D eigenvalue weighted by molar-refractivity contribution is 6.35. The maximum Gasteiger partial charge on any atom is 0.311 e. The standard InChI is InChI=1S/C26H18Cl2N2O5/c27-19-3-1-2-14-6-9-23(29-24(14)19)30-25(31)15-4-7-16(8-5-15)35-22-13-21-18(12-20(22)28)17(26(32)33)10-11-34-21/h1-9,12-13,17H,10-11H2,(H,32,33)(H,29,30,31). The van der Waals surface area contributed by atoms with Gasteiger partial charge in [-0.2, -0.15) is 0 Å². The van der Waals surface area contributed by atoms with E-state index in [9.17, 15) is 14.7 Å². The second-order valence-electron chi connectivity index (χ2n) is 7.94. The molecule has 35 heavy (non-hydrogen) atoms. The number of carboxylic acids is 1. The van der Waals surface area contributed by atoms with E-state index >= 15 is 0 Å². The number of rotatable bonds is 5. The van der Waals surface area contributed by atoms with Gasteiger partial charge in [-0.05, 0) is 55.0 Å². The minimum absolute atomic E-state index is 0.267. The van der Waals surface area contributed by atoms with Gasteiger partial charge >= 0.3 is 5.97 Å². The molecule has 0 radical (unpaired) electrons. The molecule has 1 aliphatic heterocycles. The van der Waals surface area contributed by atoms with Gasteiger partial charge in [0, 0.05) is 22.6 Å². The lowest BCUT2D eigenvalue weighted by molar-refractivity contribution is -0.139. The van der Waals surface area contributed by atoms with Crippen LogP contribution in [0, 0.1) is 0 Å². The smallest absolute Gasteiger partial charge is 0.311 e. The maximum absolute atomic E-state index is 12.7. The van der Waals surface area contributed by atoms with Crippen LogP contribution in [0.3, 0.4) is 0 Å². The number of hydrogen-bond acceptors (Lipinski definition) is 5. The van der Waals surface area contributed by atoms with E-state index in [1.807, 2.05) is 18.2 Å². The Morgan fingerprint density at radius 2 is 1.83 bits per heavy atom. The van der Waals surface area contributed by atoms with Crippen LogP contribution in [0.15, 0.2) is 66.7 Å². The van der Waals surface area contributed by atoms with Crippen LogP contribution in [-0.2, 0) is 4.79 Å². The minimum Gasteiger partial charge on any atom is -0.493 e. The number of carbonyl (C=O) groups is 2. The zero-order valence-corrected chi connectivity index (χ0v) is 19.6. The molecule has 7 nitrogen and oxygen atoms in total. The monoisotopic (exact) mass is 508 g/mol. The van der Waals surface area contributed by atoms with E-state index in [-0.39, 0.29) is 10.9 Å². The number of benzene rings is 3. The number of aliphatic carboxylic acids is 1. The number of aromatic nitrogens is 1. The number of hydrogen-bond donors (Lipinski definition) is 2. The van der Waals surface area contributed by atoms with Gasteiger partial charge in [0.2, 0.25) is 0 Å². The molecule has 1 unspecified atom stereocenters. The van der Waals surface area contributed by atoms with Gasteiger partial charge in [0.05, 0.1) is 28.1 Å². The third kappa shape index (κ3) is 4.73. The first-order valence-corrected chi connectivity index (χ1v) is 11.5. The summed E-state index contributed by atoms with van der Waals surface area (Å²) in [5.74, 6) is -0.337. The van der Waals surface area contributed by atoms with E-state index in [0.717, 1.165) is 5.39 Å². The van der Waals surface area contributed by atoms with E-state index in [1.165, 1.54) is 0 Å². The Hall–Kier alpha value is -3.81. The Morgan fingerprint density at radius 3 is 2.60 bits per heavy atom. The second kappa shape index (κ2) is 9.44. The maximum atomic E-state index is 12.7. The largest absolute Gasteiger partial charge is 0.493 e. The summed E-state index contributed by atoms with van der Waals surface area (Å²) in [6.45, 7) is 0.299. The van der Waals surface area contributed by atoms with Crippen molar-refractivity contribution >= 4 is 51.8 Å². The molecule has 0 fully saturated rings.